The van der Waals surface area contributed by atoms with Crippen molar-refractivity contribution >= 4 is 5.52 Å². The van der Waals surface area contributed by atoms with Gasteiger partial charge in [-0.15, -0.1) is 0 Å². The molecule has 0 saturated carbocycles. The number of nitrogens with zero attached hydrogens (tertiary/aromatic N) is 3. The average molecular weight is 402 g/mol. The van der Waals surface area contributed by atoms with Crippen LogP contribution >= 0.6 is 0 Å². The van der Waals surface area contributed by atoms with Crippen LogP contribution in [0.2, 0.25) is 0 Å². The van der Waals surface area contributed by atoms with Gasteiger partial charge in [0.15, 0.2) is 0 Å². The molecule has 0 fully saturated rings. The molecule has 0 radical (unpaired) electrons. The number of fused-ring (bicyclic) bond motifs is 1. The second-order valence-electron chi connectivity index (χ2n) is 8.27. The first-order valence-corrected chi connectivity index (χ1v) is 10.3. The van der Waals surface area contributed by atoms with Gasteiger partial charge < -0.3 is 9.67 Å². The van der Waals surface area contributed by atoms with Crippen LogP contribution in [0.4, 0.5) is 0 Å². The van der Waals surface area contributed by atoms with Gasteiger partial charge in [0.25, 0.3) is 5.56 Å². The molecule has 0 saturated heterocycles. The van der Waals surface area contributed by atoms with Crippen molar-refractivity contribution in [2.24, 2.45) is 0 Å². The van der Waals surface area contributed by atoms with E-state index in [2.05, 4.69) is 31.1 Å². The maximum Gasteiger partial charge on any atom is 0.276 e. The van der Waals surface area contributed by atoms with Crippen molar-refractivity contribution in [3.05, 3.63) is 93.5 Å². The standard InChI is InChI=1S/C25H27N3O2/c1-16(2)19-7-9-20(10-8-19)22-14-23-25(30)27(11-12-28(23)26-22)15-24(29)21-13-17(3)5-6-18(21)4/h5-14,16,24,29H,15H2,1-4H3. The monoisotopic (exact) mass is 401 g/mol. The van der Waals surface area contributed by atoms with E-state index in [1.165, 1.54) is 5.56 Å². The highest BCUT2D eigenvalue weighted by molar-refractivity contribution is 5.65. The first kappa shape index (κ1) is 20.1. The normalized spacial score (nSPS) is 12.6. The number of hydrogen-bond donors (Lipinski definition) is 1. The van der Waals surface area contributed by atoms with Crippen molar-refractivity contribution in [1.82, 2.24) is 14.2 Å². The first-order valence-electron chi connectivity index (χ1n) is 10.3. The first-order chi connectivity index (χ1) is 14.3. The van der Waals surface area contributed by atoms with Crippen molar-refractivity contribution in [1.29, 1.82) is 0 Å². The summed E-state index contributed by atoms with van der Waals surface area (Å²) in [4.78, 5) is 13.0. The maximum absolute atomic E-state index is 13.0. The molecule has 0 bridgehead atoms. The molecule has 5 nitrogen and oxygen atoms in total. The molecule has 1 N–H and O–H groups in total. The van der Waals surface area contributed by atoms with Gasteiger partial charge in [-0.05, 0) is 42.5 Å². The Balaban J connectivity index is 1.66. The molecule has 2 aromatic heterocycles. The van der Waals surface area contributed by atoms with E-state index in [0.29, 0.717) is 11.4 Å². The van der Waals surface area contributed by atoms with Crippen LogP contribution in [0.1, 0.15) is 48.1 Å². The van der Waals surface area contributed by atoms with Crippen molar-refractivity contribution in [3.63, 3.8) is 0 Å². The van der Waals surface area contributed by atoms with Crippen LogP contribution in [0, 0.1) is 13.8 Å². The summed E-state index contributed by atoms with van der Waals surface area (Å²) in [5.74, 6) is 0.468. The lowest BCUT2D eigenvalue weighted by atomic mass is 10.0. The minimum atomic E-state index is -0.754. The molecule has 154 valence electrons. The zero-order valence-electron chi connectivity index (χ0n) is 17.8. The van der Waals surface area contributed by atoms with Crippen LogP contribution in [0.3, 0.4) is 0 Å². The summed E-state index contributed by atoms with van der Waals surface area (Å²) in [6.45, 7) is 8.49. The van der Waals surface area contributed by atoms with Gasteiger partial charge in [-0.25, -0.2) is 4.52 Å². The van der Waals surface area contributed by atoms with Crippen molar-refractivity contribution in [2.75, 3.05) is 0 Å². The summed E-state index contributed by atoms with van der Waals surface area (Å²) >= 11 is 0. The number of aliphatic hydroxyl groups excluding tert-OH is 1. The van der Waals surface area contributed by atoms with Crippen LogP contribution in [-0.4, -0.2) is 19.3 Å². The van der Waals surface area contributed by atoms with Gasteiger partial charge in [-0.1, -0.05) is 61.9 Å². The van der Waals surface area contributed by atoms with E-state index < -0.39 is 6.10 Å². The highest BCUT2D eigenvalue weighted by Crippen LogP contribution is 2.23. The molecular formula is C25H27N3O2. The van der Waals surface area contributed by atoms with Crippen LogP contribution in [-0.2, 0) is 6.54 Å². The number of aliphatic hydroxyl groups is 1. The molecule has 0 aliphatic heterocycles. The van der Waals surface area contributed by atoms with E-state index in [0.717, 1.165) is 27.9 Å². The molecule has 5 heteroatoms. The second kappa shape index (κ2) is 7.92. The van der Waals surface area contributed by atoms with Crippen LogP contribution in [0.25, 0.3) is 16.8 Å². The third-order valence-electron chi connectivity index (χ3n) is 5.64. The fourth-order valence-corrected chi connectivity index (χ4v) is 3.75. The summed E-state index contributed by atoms with van der Waals surface area (Å²) in [6, 6.07) is 16.1. The highest BCUT2D eigenvalue weighted by Gasteiger charge is 2.15. The maximum atomic E-state index is 13.0. The molecule has 1 unspecified atom stereocenters. The molecule has 1 atom stereocenters. The summed E-state index contributed by atoms with van der Waals surface area (Å²) in [5.41, 5.74) is 6.28. The average Bonchev–Trinajstić information content (AvgIpc) is 3.17. The number of rotatable bonds is 5. The molecule has 2 heterocycles. The Hall–Kier alpha value is -3.18. The lowest BCUT2D eigenvalue weighted by Gasteiger charge is -2.16. The zero-order valence-corrected chi connectivity index (χ0v) is 17.8. The molecule has 0 amide bonds. The minimum Gasteiger partial charge on any atom is -0.387 e. The van der Waals surface area contributed by atoms with E-state index >= 15 is 0 Å². The van der Waals surface area contributed by atoms with Gasteiger partial charge in [0.1, 0.15) is 5.52 Å². The van der Waals surface area contributed by atoms with E-state index in [1.807, 2.05) is 50.2 Å². The van der Waals surface area contributed by atoms with Crippen molar-refractivity contribution < 1.29 is 5.11 Å². The summed E-state index contributed by atoms with van der Waals surface area (Å²) in [5, 5.41) is 15.3. The smallest absolute Gasteiger partial charge is 0.276 e. The summed E-state index contributed by atoms with van der Waals surface area (Å²) < 4.78 is 3.16. The Bertz CT molecular complexity index is 1250. The Labute approximate surface area is 176 Å². The van der Waals surface area contributed by atoms with Gasteiger partial charge >= 0.3 is 0 Å². The third kappa shape index (κ3) is 3.81. The summed E-state index contributed by atoms with van der Waals surface area (Å²) in [6.07, 6.45) is 2.69. The Kier molecular flexibility index (Phi) is 5.31. The fraction of sp³-hybridized carbons (Fsp3) is 0.280. The quantitative estimate of drug-likeness (QED) is 0.530. The zero-order chi connectivity index (χ0) is 21.4. The second-order valence-corrected chi connectivity index (χ2v) is 8.27. The SMILES string of the molecule is Cc1ccc(C)c(C(O)Cn2ccn3nc(-c4ccc(C(C)C)cc4)cc3c2=O)c1. The van der Waals surface area contributed by atoms with Crippen LogP contribution in [0.15, 0.2) is 65.7 Å². The number of aromatic nitrogens is 3. The summed E-state index contributed by atoms with van der Waals surface area (Å²) in [7, 11) is 0. The predicted octanol–water partition coefficient (Wildman–Crippen LogP) is 4.64. The Morgan fingerprint density at radius 3 is 2.43 bits per heavy atom. The molecule has 2 aromatic carbocycles. The van der Waals surface area contributed by atoms with Gasteiger partial charge in [0.05, 0.1) is 18.3 Å². The van der Waals surface area contributed by atoms with E-state index in [4.69, 9.17) is 0 Å². The molecule has 4 rings (SSSR count). The molecule has 0 aliphatic rings. The minimum absolute atomic E-state index is 0.167. The number of hydrogen-bond acceptors (Lipinski definition) is 3. The van der Waals surface area contributed by atoms with Gasteiger partial charge in [-0.3, -0.25) is 4.79 Å². The molecule has 0 spiro atoms. The number of aryl methyl sites for hydroxylation is 2. The predicted molar refractivity (Wildman–Crippen MR) is 120 cm³/mol. The largest absolute Gasteiger partial charge is 0.387 e. The highest BCUT2D eigenvalue weighted by atomic mass is 16.3. The topological polar surface area (TPSA) is 59.5 Å². The van der Waals surface area contributed by atoms with Crippen LogP contribution < -0.4 is 5.56 Å². The van der Waals surface area contributed by atoms with E-state index in [9.17, 15) is 9.90 Å². The molecule has 4 aromatic rings. The van der Waals surface area contributed by atoms with Gasteiger partial charge in [-0.2, -0.15) is 5.10 Å². The van der Waals surface area contributed by atoms with Crippen LogP contribution in [0.5, 0.6) is 0 Å². The van der Waals surface area contributed by atoms with Gasteiger partial charge in [0.2, 0.25) is 0 Å². The Morgan fingerprint density at radius 2 is 1.73 bits per heavy atom. The lowest BCUT2D eigenvalue weighted by molar-refractivity contribution is 0.154. The van der Waals surface area contributed by atoms with Gasteiger partial charge in [0, 0.05) is 18.0 Å². The van der Waals surface area contributed by atoms with E-state index in [1.54, 1.807) is 21.5 Å². The molecule has 30 heavy (non-hydrogen) atoms. The van der Waals surface area contributed by atoms with E-state index in [-0.39, 0.29) is 12.1 Å². The lowest BCUT2D eigenvalue weighted by Crippen LogP contribution is -2.24. The molecular weight excluding hydrogens is 374 g/mol. The van der Waals surface area contributed by atoms with Crippen molar-refractivity contribution in [3.8, 4) is 11.3 Å². The Morgan fingerprint density at radius 1 is 1.00 bits per heavy atom. The molecule has 0 aliphatic carbocycles. The fourth-order valence-electron chi connectivity index (χ4n) is 3.75. The third-order valence-corrected chi connectivity index (χ3v) is 5.64. The number of benzene rings is 2. The van der Waals surface area contributed by atoms with Crippen molar-refractivity contribution in [2.45, 2.75) is 46.3 Å².